The molecule has 3 N–H and O–H groups in total. The number of nitrogens with zero attached hydrogens (tertiary/aromatic N) is 1. The van der Waals surface area contributed by atoms with Crippen LogP contribution in [0.25, 0.3) is 0 Å². The summed E-state index contributed by atoms with van der Waals surface area (Å²) >= 11 is 0. The molecule has 0 aliphatic carbocycles. The van der Waals surface area contributed by atoms with E-state index in [1.54, 1.807) is 18.2 Å². The highest BCUT2D eigenvalue weighted by Gasteiger charge is 2.38. The number of para-hydroxylation sites is 2. The van der Waals surface area contributed by atoms with Crippen LogP contribution < -0.4 is 15.4 Å². The Kier molecular flexibility index (Phi) is 7.20. The van der Waals surface area contributed by atoms with Crippen molar-refractivity contribution in [1.29, 1.82) is 0 Å². The second-order valence-corrected chi connectivity index (χ2v) is 9.67. The van der Waals surface area contributed by atoms with Gasteiger partial charge < -0.3 is 25.2 Å². The third-order valence-electron chi connectivity index (χ3n) is 7.18. The van der Waals surface area contributed by atoms with Gasteiger partial charge in [-0.3, -0.25) is 14.5 Å². The van der Waals surface area contributed by atoms with Crippen LogP contribution in [-0.2, 0) is 16.1 Å². The highest BCUT2D eigenvalue weighted by Crippen LogP contribution is 2.27. The molecular formula is C27H33N3O5. The molecule has 8 nitrogen and oxygen atoms in total. The molecule has 35 heavy (non-hydrogen) atoms. The molecule has 5 rings (SSSR count). The first-order valence-corrected chi connectivity index (χ1v) is 12.5. The molecule has 2 amide bonds. The van der Waals surface area contributed by atoms with Gasteiger partial charge in [0.15, 0.2) is 0 Å². The van der Waals surface area contributed by atoms with Crippen LogP contribution >= 0.6 is 0 Å². The van der Waals surface area contributed by atoms with Gasteiger partial charge in [0.1, 0.15) is 11.5 Å². The Labute approximate surface area is 205 Å². The SMILES string of the molecule is O=C1N[C@H]2C[C@@H](C(=O)NC[C@@H]3CCC[C@@H](CCOc4ccccc41)O3)N(Cc1ccccc1O)C2. The summed E-state index contributed by atoms with van der Waals surface area (Å²) in [6, 6.07) is 13.8. The Morgan fingerprint density at radius 1 is 1.00 bits per heavy atom. The Balaban J connectivity index is 1.39. The van der Waals surface area contributed by atoms with Crippen molar-refractivity contribution >= 4 is 11.8 Å². The molecule has 0 aromatic heterocycles. The molecule has 4 bridgehead atoms. The van der Waals surface area contributed by atoms with E-state index in [-0.39, 0.29) is 35.8 Å². The summed E-state index contributed by atoms with van der Waals surface area (Å²) in [6.07, 6.45) is 4.23. The van der Waals surface area contributed by atoms with Gasteiger partial charge in [-0.15, -0.1) is 0 Å². The Bertz CT molecular complexity index is 1060. The average Bonchev–Trinajstić information content (AvgIpc) is 3.26. The molecule has 2 aromatic rings. The van der Waals surface area contributed by atoms with Gasteiger partial charge in [-0.2, -0.15) is 0 Å². The number of nitrogens with one attached hydrogen (secondary N) is 2. The molecule has 4 atom stereocenters. The van der Waals surface area contributed by atoms with Crippen molar-refractivity contribution in [1.82, 2.24) is 15.5 Å². The first kappa shape index (κ1) is 23.6. The summed E-state index contributed by atoms with van der Waals surface area (Å²) in [5, 5.41) is 16.5. The minimum Gasteiger partial charge on any atom is -0.508 e. The van der Waals surface area contributed by atoms with Crippen LogP contribution in [0.4, 0.5) is 0 Å². The third-order valence-corrected chi connectivity index (χ3v) is 7.18. The molecule has 0 radical (unpaired) electrons. The van der Waals surface area contributed by atoms with Crippen molar-refractivity contribution in [3.05, 3.63) is 59.7 Å². The zero-order valence-corrected chi connectivity index (χ0v) is 19.8. The maximum absolute atomic E-state index is 13.3. The molecular weight excluding hydrogens is 446 g/mol. The predicted molar refractivity (Wildman–Crippen MR) is 130 cm³/mol. The molecule has 0 spiro atoms. The molecule has 2 fully saturated rings. The molecule has 2 aromatic carbocycles. The summed E-state index contributed by atoms with van der Waals surface area (Å²) < 4.78 is 12.3. The van der Waals surface area contributed by atoms with E-state index in [4.69, 9.17) is 9.47 Å². The van der Waals surface area contributed by atoms with E-state index in [9.17, 15) is 14.7 Å². The fourth-order valence-electron chi connectivity index (χ4n) is 5.34. The van der Waals surface area contributed by atoms with E-state index in [0.717, 1.165) is 31.2 Å². The van der Waals surface area contributed by atoms with Crippen LogP contribution in [-0.4, -0.2) is 65.8 Å². The minimum absolute atomic E-state index is 0.0126. The fourth-order valence-corrected chi connectivity index (χ4v) is 5.34. The van der Waals surface area contributed by atoms with Gasteiger partial charge in [-0.05, 0) is 43.9 Å². The number of phenolic OH excluding ortho intramolecular Hbond substituents is 1. The zero-order chi connectivity index (χ0) is 24.2. The molecule has 186 valence electrons. The first-order valence-electron chi connectivity index (χ1n) is 12.5. The number of carbonyl (C=O) groups is 2. The van der Waals surface area contributed by atoms with Crippen LogP contribution in [0.15, 0.2) is 48.5 Å². The monoisotopic (exact) mass is 479 g/mol. The number of fused-ring (bicyclic) bond motifs is 5. The van der Waals surface area contributed by atoms with E-state index in [1.165, 1.54) is 0 Å². The van der Waals surface area contributed by atoms with Crippen LogP contribution in [0.2, 0.25) is 0 Å². The van der Waals surface area contributed by atoms with E-state index < -0.39 is 6.04 Å². The van der Waals surface area contributed by atoms with Gasteiger partial charge in [-0.25, -0.2) is 0 Å². The second kappa shape index (κ2) is 10.7. The Morgan fingerprint density at radius 3 is 2.69 bits per heavy atom. The number of benzene rings is 2. The summed E-state index contributed by atoms with van der Waals surface area (Å²) in [7, 11) is 0. The number of aromatic hydroxyl groups is 1. The highest BCUT2D eigenvalue weighted by molar-refractivity contribution is 5.97. The first-order chi connectivity index (χ1) is 17.1. The lowest BCUT2D eigenvalue weighted by Crippen LogP contribution is -2.46. The predicted octanol–water partition coefficient (Wildman–Crippen LogP) is 2.60. The van der Waals surface area contributed by atoms with Crippen LogP contribution in [0.5, 0.6) is 11.5 Å². The fraction of sp³-hybridized carbons (Fsp3) is 0.481. The van der Waals surface area contributed by atoms with Crippen LogP contribution in [0.1, 0.15) is 48.0 Å². The smallest absolute Gasteiger partial charge is 0.255 e. The number of phenols is 1. The van der Waals surface area contributed by atoms with Gasteiger partial charge in [0.25, 0.3) is 5.91 Å². The van der Waals surface area contributed by atoms with E-state index in [2.05, 4.69) is 10.6 Å². The normalized spacial score (nSPS) is 27.9. The van der Waals surface area contributed by atoms with E-state index in [1.807, 2.05) is 35.2 Å². The number of hydrogen-bond donors (Lipinski definition) is 3. The van der Waals surface area contributed by atoms with Crippen LogP contribution in [0, 0.1) is 0 Å². The Hall–Kier alpha value is -3.10. The molecule has 3 aliphatic rings. The molecule has 3 heterocycles. The maximum atomic E-state index is 13.3. The Morgan fingerprint density at radius 2 is 1.80 bits per heavy atom. The summed E-state index contributed by atoms with van der Waals surface area (Å²) in [6.45, 7) is 1.85. The van der Waals surface area contributed by atoms with Crippen molar-refractivity contribution in [3.63, 3.8) is 0 Å². The highest BCUT2D eigenvalue weighted by atomic mass is 16.5. The minimum atomic E-state index is -0.418. The van der Waals surface area contributed by atoms with E-state index >= 15 is 0 Å². The topological polar surface area (TPSA) is 100 Å². The summed E-state index contributed by atoms with van der Waals surface area (Å²) in [4.78, 5) is 28.5. The molecule has 3 aliphatic heterocycles. The van der Waals surface area contributed by atoms with E-state index in [0.29, 0.717) is 44.0 Å². The van der Waals surface area contributed by atoms with Crippen molar-refractivity contribution in [3.8, 4) is 11.5 Å². The maximum Gasteiger partial charge on any atom is 0.255 e. The number of amides is 2. The number of hydrogen-bond acceptors (Lipinski definition) is 6. The summed E-state index contributed by atoms with van der Waals surface area (Å²) in [5.41, 5.74) is 1.24. The zero-order valence-electron chi connectivity index (χ0n) is 19.8. The number of rotatable bonds is 2. The largest absolute Gasteiger partial charge is 0.508 e. The van der Waals surface area contributed by atoms with Crippen molar-refractivity contribution in [2.75, 3.05) is 19.7 Å². The number of carbonyl (C=O) groups excluding carboxylic acids is 2. The van der Waals surface area contributed by atoms with Crippen LogP contribution in [0.3, 0.4) is 0 Å². The molecule has 0 unspecified atom stereocenters. The number of likely N-dealkylation sites (tertiary alicyclic amines) is 1. The van der Waals surface area contributed by atoms with Crippen molar-refractivity contribution in [2.45, 2.75) is 62.9 Å². The lowest BCUT2D eigenvalue weighted by molar-refractivity contribution is -0.127. The van der Waals surface area contributed by atoms with Gasteiger partial charge >= 0.3 is 0 Å². The summed E-state index contributed by atoms with van der Waals surface area (Å²) in [5.74, 6) is 0.474. The number of ether oxygens (including phenoxy) is 2. The lowest BCUT2D eigenvalue weighted by atomic mass is 10.0. The average molecular weight is 480 g/mol. The molecule has 8 heteroatoms. The third kappa shape index (κ3) is 5.60. The van der Waals surface area contributed by atoms with Gasteiger partial charge in [0, 0.05) is 37.7 Å². The van der Waals surface area contributed by atoms with Gasteiger partial charge in [0.2, 0.25) is 5.91 Å². The van der Waals surface area contributed by atoms with Crippen molar-refractivity contribution < 1.29 is 24.2 Å². The lowest BCUT2D eigenvalue weighted by Gasteiger charge is -2.31. The van der Waals surface area contributed by atoms with Crippen molar-refractivity contribution in [2.24, 2.45) is 0 Å². The quantitative estimate of drug-likeness (QED) is 0.612. The van der Waals surface area contributed by atoms with Gasteiger partial charge in [-0.1, -0.05) is 30.3 Å². The van der Waals surface area contributed by atoms with Gasteiger partial charge in [0.05, 0.1) is 30.4 Å². The molecule has 0 saturated carbocycles. The second-order valence-electron chi connectivity index (χ2n) is 9.67. The molecule has 2 saturated heterocycles. The standard InChI is InChI=1S/C27H33N3O5/c31-24-10-3-1-6-18(24)16-30-17-19-14-23(30)27(33)28-15-21-8-5-7-20(35-21)12-13-34-25-11-4-2-9-22(25)26(32)29-19/h1-4,6,9-11,19-21,23,31H,5,7-8,12-17H2,(H,28,33)(H,29,32)/t19-,20-,21-,23-/m0/s1.